The molecule has 20 heavy (non-hydrogen) atoms. The van der Waals surface area contributed by atoms with Crippen LogP contribution in [0.4, 0.5) is 5.69 Å². The van der Waals surface area contributed by atoms with Crippen molar-refractivity contribution in [3.63, 3.8) is 0 Å². The van der Waals surface area contributed by atoms with E-state index >= 15 is 0 Å². The summed E-state index contributed by atoms with van der Waals surface area (Å²) in [4.78, 5) is 16.1. The van der Waals surface area contributed by atoms with E-state index in [1.54, 1.807) is 6.07 Å². The molecule has 2 aromatic rings. The molecular weight excluding hydrogens is 252 g/mol. The van der Waals surface area contributed by atoms with Crippen LogP contribution in [-0.2, 0) is 5.41 Å². The first-order chi connectivity index (χ1) is 9.39. The van der Waals surface area contributed by atoms with Gasteiger partial charge in [0.2, 0.25) is 0 Å². The first-order valence-corrected chi connectivity index (χ1v) is 6.44. The Morgan fingerprint density at radius 1 is 1.15 bits per heavy atom. The molecule has 0 radical (unpaired) electrons. The van der Waals surface area contributed by atoms with Crippen molar-refractivity contribution in [3.05, 3.63) is 53.9 Å². The Morgan fingerprint density at radius 3 is 2.50 bits per heavy atom. The molecular formula is C16H18N2O2. The number of carbonyl (C=O) groups excluding carboxylic acids is 1. The van der Waals surface area contributed by atoms with Crippen molar-refractivity contribution in [1.82, 2.24) is 4.98 Å². The Labute approximate surface area is 118 Å². The standard InChI is InChI=1S/C16H18N2O2/c1-16(2,3)11-7-4-5-8-12(11)18-15(20)14-13(19)9-6-10-17-14/h4-10,19H,1-3H3,(H,18,20). The van der Waals surface area contributed by atoms with Gasteiger partial charge in [-0.1, -0.05) is 39.0 Å². The predicted octanol–water partition coefficient (Wildman–Crippen LogP) is 3.34. The van der Waals surface area contributed by atoms with E-state index in [1.807, 2.05) is 24.3 Å². The third-order valence-corrected chi connectivity index (χ3v) is 2.98. The lowest BCUT2D eigenvalue weighted by Gasteiger charge is -2.22. The zero-order valence-corrected chi connectivity index (χ0v) is 11.8. The average Bonchev–Trinajstić information content (AvgIpc) is 2.38. The highest BCUT2D eigenvalue weighted by atomic mass is 16.3. The number of nitrogens with one attached hydrogen (secondary N) is 1. The minimum Gasteiger partial charge on any atom is -0.505 e. The molecule has 2 rings (SSSR count). The van der Waals surface area contributed by atoms with Crippen molar-refractivity contribution in [1.29, 1.82) is 0 Å². The Morgan fingerprint density at radius 2 is 1.85 bits per heavy atom. The second-order valence-electron chi connectivity index (χ2n) is 5.62. The normalized spacial score (nSPS) is 11.2. The van der Waals surface area contributed by atoms with E-state index in [2.05, 4.69) is 31.1 Å². The number of aromatic nitrogens is 1. The van der Waals surface area contributed by atoms with Crippen LogP contribution in [0.25, 0.3) is 0 Å². The lowest BCUT2D eigenvalue weighted by Crippen LogP contribution is -2.19. The van der Waals surface area contributed by atoms with E-state index < -0.39 is 5.91 Å². The van der Waals surface area contributed by atoms with Gasteiger partial charge in [-0.2, -0.15) is 0 Å². The molecule has 1 heterocycles. The fourth-order valence-corrected chi connectivity index (χ4v) is 2.00. The van der Waals surface area contributed by atoms with Crippen LogP contribution in [0.2, 0.25) is 0 Å². The summed E-state index contributed by atoms with van der Waals surface area (Å²) in [5.41, 5.74) is 1.70. The van der Waals surface area contributed by atoms with Gasteiger partial charge in [0.1, 0.15) is 5.75 Å². The summed E-state index contributed by atoms with van der Waals surface area (Å²) >= 11 is 0. The third kappa shape index (κ3) is 2.96. The van der Waals surface area contributed by atoms with E-state index in [0.29, 0.717) is 0 Å². The monoisotopic (exact) mass is 270 g/mol. The molecule has 1 aromatic carbocycles. The molecule has 0 unspecified atom stereocenters. The van der Waals surface area contributed by atoms with Gasteiger partial charge >= 0.3 is 0 Å². The lowest BCUT2D eigenvalue weighted by molar-refractivity contribution is 0.101. The molecule has 0 saturated heterocycles. The molecule has 1 amide bonds. The van der Waals surface area contributed by atoms with E-state index in [-0.39, 0.29) is 16.9 Å². The van der Waals surface area contributed by atoms with Crippen LogP contribution >= 0.6 is 0 Å². The number of rotatable bonds is 2. The van der Waals surface area contributed by atoms with Gasteiger partial charge < -0.3 is 10.4 Å². The number of benzene rings is 1. The lowest BCUT2D eigenvalue weighted by atomic mass is 9.86. The molecule has 0 aliphatic rings. The van der Waals surface area contributed by atoms with Crippen LogP contribution in [0, 0.1) is 0 Å². The quantitative estimate of drug-likeness (QED) is 0.879. The molecule has 0 aliphatic heterocycles. The van der Waals surface area contributed by atoms with Crippen molar-refractivity contribution in [3.8, 4) is 5.75 Å². The fourth-order valence-electron chi connectivity index (χ4n) is 2.00. The van der Waals surface area contributed by atoms with Gasteiger partial charge in [0.15, 0.2) is 5.69 Å². The number of hydrogen-bond donors (Lipinski definition) is 2. The number of pyridine rings is 1. The van der Waals surface area contributed by atoms with Gasteiger partial charge in [0.05, 0.1) is 0 Å². The molecule has 0 aliphatic carbocycles. The van der Waals surface area contributed by atoms with Gasteiger partial charge in [0.25, 0.3) is 5.91 Å². The topological polar surface area (TPSA) is 62.2 Å². The SMILES string of the molecule is CC(C)(C)c1ccccc1NC(=O)c1ncccc1O. The molecule has 4 nitrogen and oxygen atoms in total. The first-order valence-electron chi connectivity index (χ1n) is 6.44. The molecule has 1 aromatic heterocycles. The Kier molecular flexibility index (Phi) is 3.74. The Hall–Kier alpha value is -2.36. The molecule has 0 saturated carbocycles. The van der Waals surface area contributed by atoms with Crippen LogP contribution in [0.3, 0.4) is 0 Å². The van der Waals surface area contributed by atoms with Crippen molar-refractivity contribution in [2.45, 2.75) is 26.2 Å². The van der Waals surface area contributed by atoms with E-state index in [0.717, 1.165) is 11.3 Å². The zero-order valence-electron chi connectivity index (χ0n) is 11.8. The van der Waals surface area contributed by atoms with Crippen LogP contribution in [0.5, 0.6) is 5.75 Å². The molecule has 0 spiro atoms. The summed E-state index contributed by atoms with van der Waals surface area (Å²) in [5.74, 6) is -0.543. The summed E-state index contributed by atoms with van der Waals surface area (Å²) in [7, 11) is 0. The summed E-state index contributed by atoms with van der Waals surface area (Å²) in [6, 6.07) is 10.6. The number of aromatic hydroxyl groups is 1. The summed E-state index contributed by atoms with van der Waals surface area (Å²) in [6.45, 7) is 6.24. The highest BCUT2D eigenvalue weighted by molar-refractivity contribution is 6.05. The van der Waals surface area contributed by atoms with Gasteiger partial charge in [-0.3, -0.25) is 4.79 Å². The number of carbonyl (C=O) groups is 1. The van der Waals surface area contributed by atoms with Crippen LogP contribution in [0.15, 0.2) is 42.6 Å². The minimum atomic E-state index is -0.417. The largest absolute Gasteiger partial charge is 0.505 e. The van der Waals surface area contributed by atoms with Crippen molar-refractivity contribution >= 4 is 11.6 Å². The average molecular weight is 270 g/mol. The second kappa shape index (κ2) is 5.33. The summed E-state index contributed by atoms with van der Waals surface area (Å²) in [6.07, 6.45) is 1.48. The summed E-state index contributed by atoms with van der Waals surface area (Å²) in [5, 5.41) is 12.5. The van der Waals surface area contributed by atoms with Crippen LogP contribution in [0.1, 0.15) is 36.8 Å². The third-order valence-electron chi connectivity index (χ3n) is 2.98. The van der Waals surface area contributed by atoms with Gasteiger partial charge in [0, 0.05) is 11.9 Å². The van der Waals surface area contributed by atoms with Crippen LogP contribution < -0.4 is 5.32 Å². The van der Waals surface area contributed by atoms with Gasteiger partial charge in [-0.05, 0) is 29.2 Å². The minimum absolute atomic E-state index is 0.0243. The van der Waals surface area contributed by atoms with Gasteiger partial charge in [-0.25, -0.2) is 4.98 Å². The fraction of sp³-hybridized carbons (Fsp3) is 0.250. The number of hydrogen-bond acceptors (Lipinski definition) is 3. The smallest absolute Gasteiger partial charge is 0.278 e. The molecule has 0 bridgehead atoms. The predicted molar refractivity (Wildman–Crippen MR) is 79.0 cm³/mol. The van der Waals surface area contributed by atoms with E-state index in [4.69, 9.17) is 0 Å². The van der Waals surface area contributed by atoms with E-state index in [1.165, 1.54) is 12.3 Å². The maximum Gasteiger partial charge on any atom is 0.278 e. The van der Waals surface area contributed by atoms with E-state index in [9.17, 15) is 9.90 Å². The van der Waals surface area contributed by atoms with Crippen LogP contribution in [-0.4, -0.2) is 16.0 Å². The molecule has 2 N–H and O–H groups in total. The van der Waals surface area contributed by atoms with Crippen molar-refractivity contribution in [2.24, 2.45) is 0 Å². The Balaban J connectivity index is 2.32. The Bertz CT molecular complexity index is 630. The number of para-hydroxylation sites is 1. The number of amides is 1. The maximum absolute atomic E-state index is 12.2. The second-order valence-corrected chi connectivity index (χ2v) is 5.62. The molecule has 4 heteroatoms. The summed E-state index contributed by atoms with van der Waals surface area (Å²) < 4.78 is 0. The molecule has 0 fully saturated rings. The van der Waals surface area contributed by atoms with Crippen molar-refractivity contribution < 1.29 is 9.90 Å². The van der Waals surface area contributed by atoms with Crippen molar-refractivity contribution in [2.75, 3.05) is 5.32 Å². The first kappa shape index (κ1) is 14.1. The maximum atomic E-state index is 12.2. The molecule has 104 valence electrons. The van der Waals surface area contributed by atoms with Gasteiger partial charge in [-0.15, -0.1) is 0 Å². The molecule has 0 atom stereocenters. The highest BCUT2D eigenvalue weighted by Crippen LogP contribution is 2.29. The highest BCUT2D eigenvalue weighted by Gasteiger charge is 2.20. The number of nitrogens with zero attached hydrogens (tertiary/aromatic N) is 1. The number of anilines is 1. The zero-order chi connectivity index (χ0) is 14.8.